The predicted molar refractivity (Wildman–Crippen MR) is 43.7 cm³/mol. The van der Waals surface area contributed by atoms with E-state index in [2.05, 4.69) is 13.0 Å². The Labute approximate surface area is 68.4 Å². The van der Waals surface area contributed by atoms with Crippen molar-refractivity contribution in [1.29, 1.82) is 5.26 Å². The van der Waals surface area contributed by atoms with Crippen LogP contribution in [-0.2, 0) is 0 Å². The molecule has 0 aliphatic heterocycles. The zero-order chi connectivity index (χ0) is 7.84. The van der Waals surface area contributed by atoms with E-state index in [1.807, 2.05) is 0 Å². The SMILES string of the molecule is CC1CC2CC(C#N)CC2C1. The number of fused-ring (bicyclic) bond motifs is 1. The van der Waals surface area contributed by atoms with Gasteiger partial charge in [-0.3, -0.25) is 0 Å². The molecule has 0 aromatic heterocycles. The lowest BCUT2D eigenvalue weighted by Gasteiger charge is -2.04. The Kier molecular flexibility index (Phi) is 1.64. The van der Waals surface area contributed by atoms with Gasteiger partial charge in [0.25, 0.3) is 0 Å². The zero-order valence-corrected chi connectivity index (χ0v) is 7.09. The van der Waals surface area contributed by atoms with E-state index >= 15 is 0 Å². The minimum Gasteiger partial charge on any atom is -0.198 e. The highest BCUT2D eigenvalue weighted by atomic mass is 14.5. The van der Waals surface area contributed by atoms with Crippen LogP contribution in [-0.4, -0.2) is 0 Å². The lowest BCUT2D eigenvalue weighted by Crippen LogP contribution is -1.95. The van der Waals surface area contributed by atoms with Crippen molar-refractivity contribution in [2.75, 3.05) is 0 Å². The highest BCUT2D eigenvalue weighted by Crippen LogP contribution is 2.48. The summed E-state index contributed by atoms with van der Waals surface area (Å²) in [6, 6.07) is 2.41. The Balaban J connectivity index is 2.00. The van der Waals surface area contributed by atoms with Crippen LogP contribution >= 0.6 is 0 Å². The Morgan fingerprint density at radius 3 is 2.09 bits per heavy atom. The van der Waals surface area contributed by atoms with Gasteiger partial charge in [0.05, 0.1) is 6.07 Å². The molecule has 2 atom stereocenters. The van der Waals surface area contributed by atoms with Crippen LogP contribution < -0.4 is 0 Å². The fourth-order valence-corrected chi connectivity index (χ4v) is 3.02. The van der Waals surface area contributed by atoms with Crippen LogP contribution in [0.15, 0.2) is 0 Å². The first-order valence-corrected chi connectivity index (χ1v) is 4.69. The number of hydrogen-bond donors (Lipinski definition) is 0. The first kappa shape index (κ1) is 7.16. The van der Waals surface area contributed by atoms with Gasteiger partial charge in [-0.15, -0.1) is 0 Å². The van der Waals surface area contributed by atoms with Crippen molar-refractivity contribution in [2.45, 2.75) is 32.6 Å². The molecule has 0 aromatic carbocycles. The summed E-state index contributed by atoms with van der Waals surface area (Å²) < 4.78 is 0. The third-order valence-corrected chi connectivity index (χ3v) is 3.43. The lowest BCUT2D eigenvalue weighted by atomic mass is 10.0. The zero-order valence-electron chi connectivity index (χ0n) is 7.09. The summed E-state index contributed by atoms with van der Waals surface area (Å²) >= 11 is 0. The maximum atomic E-state index is 8.74. The Morgan fingerprint density at radius 1 is 1.09 bits per heavy atom. The van der Waals surface area contributed by atoms with Gasteiger partial charge < -0.3 is 0 Å². The standard InChI is InChI=1S/C10H15N/c1-7-2-9-4-8(6-11)5-10(9)3-7/h7-10H,2-5H2,1H3. The number of hydrogen-bond acceptors (Lipinski definition) is 1. The molecule has 2 unspecified atom stereocenters. The van der Waals surface area contributed by atoms with Crippen LogP contribution in [0.2, 0.25) is 0 Å². The van der Waals surface area contributed by atoms with Crippen molar-refractivity contribution in [2.24, 2.45) is 23.7 Å². The van der Waals surface area contributed by atoms with Gasteiger partial charge in [0.2, 0.25) is 0 Å². The maximum absolute atomic E-state index is 8.74. The van der Waals surface area contributed by atoms with E-state index in [9.17, 15) is 0 Å². The molecule has 1 nitrogen and oxygen atoms in total. The van der Waals surface area contributed by atoms with Crippen molar-refractivity contribution in [3.05, 3.63) is 0 Å². The molecule has 0 spiro atoms. The average Bonchev–Trinajstić information content (AvgIpc) is 2.43. The quantitative estimate of drug-likeness (QED) is 0.519. The molecule has 2 rings (SSSR count). The second-order valence-corrected chi connectivity index (χ2v) is 4.39. The molecule has 2 fully saturated rings. The van der Waals surface area contributed by atoms with E-state index in [0.717, 1.165) is 17.8 Å². The molecule has 1 heteroatoms. The minimum atomic E-state index is 0.400. The lowest BCUT2D eigenvalue weighted by molar-refractivity contribution is 0.457. The van der Waals surface area contributed by atoms with E-state index in [0.29, 0.717) is 5.92 Å². The van der Waals surface area contributed by atoms with Crippen LogP contribution in [0.25, 0.3) is 0 Å². The van der Waals surface area contributed by atoms with Crippen molar-refractivity contribution in [3.63, 3.8) is 0 Å². The van der Waals surface area contributed by atoms with E-state index in [4.69, 9.17) is 5.26 Å². The first-order chi connectivity index (χ1) is 5.29. The molecule has 60 valence electrons. The summed E-state index contributed by atoms with van der Waals surface area (Å²) in [5.41, 5.74) is 0. The molecule has 0 amide bonds. The van der Waals surface area contributed by atoms with E-state index in [1.165, 1.54) is 25.7 Å². The Hall–Kier alpha value is -0.510. The second kappa shape index (κ2) is 2.52. The molecule has 2 saturated carbocycles. The van der Waals surface area contributed by atoms with Gasteiger partial charge in [-0.05, 0) is 43.4 Å². The normalized spacial score (nSPS) is 48.7. The molecule has 0 N–H and O–H groups in total. The third kappa shape index (κ3) is 1.15. The molecule has 0 radical (unpaired) electrons. The van der Waals surface area contributed by atoms with Crippen molar-refractivity contribution >= 4 is 0 Å². The summed E-state index contributed by atoms with van der Waals surface area (Å²) in [4.78, 5) is 0. The Bertz CT molecular complexity index is 178. The summed E-state index contributed by atoms with van der Waals surface area (Å²) in [6.45, 7) is 2.35. The Morgan fingerprint density at radius 2 is 1.64 bits per heavy atom. The molecular weight excluding hydrogens is 134 g/mol. The smallest absolute Gasteiger partial charge is 0.0655 e. The van der Waals surface area contributed by atoms with Crippen molar-refractivity contribution in [1.82, 2.24) is 0 Å². The third-order valence-electron chi connectivity index (χ3n) is 3.43. The van der Waals surface area contributed by atoms with E-state index < -0.39 is 0 Å². The number of rotatable bonds is 0. The maximum Gasteiger partial charge on any atom is 0.0655 e. The molecule has 0 aromatic rings. The minimum absolute atomic E-state index is 0.400. The van der Waals surface area contributed by atoms with Gasteiger partial charge in [0.15, 0.2) is 0 Å². The topological polar surface area (TPSA) is 23.8 Å². The van der Waals surface area contributed by atoms with Crippen LogP contribution in [0.5, 0.6) is 0 Å². The van der Waals surface area contributed by atoms with Gasteiger partial charge in [0.1, 0.15) is 0 Å². The molecule has 11 heavy (non-hydrogen) atoms. The first-order valence-electron chi connectivity index (χ1n) is 4.69. The molecule has 0 bridgehead atoms. The van der Waals surface area contributed by atoms with Crippen LogP contribution in [0.1, 0.15) is 32.6 Å². The average molecular weight is 149 g/mol. The van der Waals surface area contributed by atoms with Gasteiger partial charge in [0, 0.05) is 5.92 Å². The summed E-state index contributed by atoms with van der Waals surface area (Å²) in [6.07, 6.45) is 5.18. The van der Waals surface area contributed by atoms with Crippen LogP contribution in [0, 0.1) is 35.0 Å². The molecule has 0 saturated heterocycles. The predicted octanol–water partition coefficient (Wildman–Crippen LogP) is 2.58. The molecule has 2 aliphatic rings. The highest BCUT2D eigenvalue weighted by Gasteiger charge is 2.39. The number of nitrogens with zero attached hydrogens (tertiary/aromatic N) is 1. The van der Waals surface area contributed by atoms with Crippen LogP contribution in [0.4, 0.5) is 0 Å². The molecule has 2 aliphatic carbocycles. The largest absolute Gasteiger partial charge is 0.198 e. The fraction of sp³-hybridized carbons (Fsp3) is 0.900. The van der Waals surface area contributed by atoms with Crippen molar-refractivity contribution in [3.8, 4) is 6.07 Å². The van der Waals surface area contributed by atoms with Gasteiger partial charge in [-0.1, -0.05) is 6.92 Å². The highest BCUT2D eigenvalue weighted by molar-refractivity contribution is 4.97. The summed E-state index contributed by atoms with van der Waals surface area (Å²) in [7, 11) is 0. The summed E-state index contributed by atoms with van der Waals surface area (Å²) in [5, 5.41) is 8.74. The number of nitriles is 1. The summed E-state index contributed by atoms with van der Waals surface area (Å²) in [5.74, 6) is 3.16. The van der Waals surface area contributed by atoms with Gasteiger partial charge >= 0.3 is 0 Å². The molecule has 0 heterocycles. The van der Waals surface area contributed by atoms with E-state index in [1.54, 1.807) is 0 Å². The van der Waals surface area contributed by atoms with Crippen LogP contribution in [0.3, 0.4) is 0 Å². The van der Waals surface area contributed by atoms with E-state index in [-0.39, 0.29) is 0 Å². The monoisotopic (exact) mass is 149 g/mol. The molecular formula is C10H15N. The van der Waals surface area contributed by atoms with Gasteiger partial charge in [-0.25, -0.2) is 0 Å². The second-order valence-electron chi connectivity index (χ2n) is 4.39. The van der Waals surface area contributed by atoms with Crippen molar-refractivity contribution < 1.29 is 0 Å². The van der Waals surface area contributed by atoms with Gasteiger partial charge in [-0.2, -0.15) is 5.26 Å². The fourth-order valence-electron chi connectivity index (χ4n) is 3.02.